The standard InChI is InChI=1S/C10H15FN2O5S/c1-10(2,3)18-9(14)12-4-8-7(13-6-17-8)5-19(11,15)16/h6H,4-5H2,1-3H3,(H,12,14). The molecule has 9 heteroatoms. The summed E-state index contributed by atoms with van der Waals surface area (Å²) in [6.45, 7) is 4.95. The molecular formula is C10H15FN2O5S. The van der Waals surface area contributed by atoms with Crippen molar-refractivity contribution >= 4 is 16.3 Å². The van der Waals surface area contributed by atoms with Crippen LogP contribution in [0.25, 0.3) is 0 Å². The number of nitrogens with one attached hydrogen (secondary N) is 1. The molecule has 0 saturated carbocycles. The molecule has 0 radical (unpaired) electrons. The highest BCUT2D eigenvalue weighted by atomic mass is 32.3. The summed E-state index contributed by atoms with van der Waals surface area (Å²) in [6.07, 6.45) is 0.282. The first kappa shape index (κ1) is 15.4. The largest absolute Gasteiger partial charge is 0.446 e. The molecule has 0 aliphatic carbocycles. The highest BCUT2D eigenvalue weighted by Gasteiger charge is 2.19. The van der Waals surface area contributed by atoms with E-state index in [4.69, 9.17) is 9.15 Å². The van der Waals surface area contributed by atoms with Crippen LogP contribution in [0.2, 0.25) is 0 Å². The summed E-state index contributed by atoms with van der Waals surface area (Å²) >= 11 is 0. The molecule has 1 aromatic rings. The Kier molecular flexibility index (Phi) is 4.51. The van der Waals surface area contributed by atoms with Crippen molar-refractivity contribution in [3.63, 3.8) is 0 Å². The second-order valence-electron chi connectivity index (χ2n) is 4.76. The molecule has 1 heterocycles. The Labute approximate surface area is 110 Å². The number of carbonyl (C=O) groups is 1. The monoisotopic (exact) mass is 294 g/mol. The van der Waals surface area contributed by atoms with Crippen molar-refractivity contribution in [3.05, 3.63) is 17.8 Å². The van der Waals surface area contributed by atoms with Crippen molar-refractivity contribution < 1.29 is 26.3 Å². The molecule has 0 bridgehead atoms. The minimum absolute atomic E-state index is 0.0621. The number of ether oxygens (including phenoxy) is 1. The number of hydrogen-bond acceptors (Lipinski definition) is 6. The molecule has 108 valence electrons. The Morgan fingerprint density at radius 2 is 2.16 bits per heavy atom. The Balaban J connectivity index is 2.60. The van der Waals surface area contributed by atoms with Crippen LogP contribution < -0.4 is 5.32 Å². The first-order valence-corrected chi connectivity index (χ1v) is 6.92. The van der Waals surface area contributed by atoms with E-state index in [9.17, 15) is 17.1 Å². The zero-order valence-corrected chi connectivity index (χ0v) is 11.6. The van der Waals surface area contributed by atoms with Crippen molar-refractivity contribution in [1.82, 2.24) is 10.3 Å². The number of aromatic nitrogens is 1. The molecule has 1 aromatic heterocycles. The molecule has 1 amide bonds. The van der Waals surface area contributed by atoms with Crippen molar-refractivity contribution in [2.45, 2.75) is 38.7 Å². The molecule has 0 aliphatic heterocycles. The SMILES string of the molecule is CC(C)(C)OC(=O)NCc1ocnc1CS(=O)(=O)F. The molecule has 19 heavy (non-hydrogen) atoms. The van der Waals surface area contributed by atoms with E-state index in [1.165, 1.54) is 0 Å². The van der Waals surface area contributed by atoms with Crippen molar-refractivity contribution in [2.75, 3.05) is 0 Å². The molecule has 0 atom stereocenters. The van der Waals surface area contributed by atoms with Gasteiger partial charge < -0.3 is 14.5 Å². The van der Waals surface area contributed by atoms with E-state index >= 15 is 0 Å². The maximum atomic E-state index is 12.5. The van der Waals surface area contributed by atoms with Gasteiger partial charge in [-0.1, -0.05) is 0 Å². The average molecular weight is 294 g/mol. The number of hydrogen-bond donors (Lipinski definition) is 1. The molecule has 0 aliphatic rings. The molecule has 0 saturated heterocycles. The van der Waals surface area contributed by atoms with Gasteiger partial charge in [0.15, 0.2) is 6.39 Å². The lowest BCUT2D eigenvalue weighted by atomic mass is 10.2. The molecule has 0 unspecified atom stereocenters. The molecule has 0 fully saturated rings. The van der Waals surface area contributed by atoms with Gasteiger partial charge in [-0.05, 0) is 20.8 Å². The smallest absolute Gasteiger partial charge is 0.408 e. The van der Waals surface area contributed by atoms with Gasteiger partial charge in [0.05, 0.1) is 6.54 Å². The molecular weight excluding hydrogens is 279 g/mol. The van der Waals surface area contributed by atoms with Crippen LogP contribution in [-0.2, 0) is 27.3 Å². The van der Waals surface area contributed by atoms with Gasteiger partial charge in [0.25, 0.3) is 0 Å². The van der Waals surface area contributed by atoms with Crippen LogP contribution in [0.5, 0.6) is 0 Å². The maximum Gasteiger partial charge on any atom is 0.408 e. The van der Waals surface area contributed by atoms with Crippen LogP contribution in [0.3, 0.4) is 0 Å². The van der Waals surface area contributed by atoms with Gasteiger partial charge in [0.2, 0.25) is 0 Å². The number of carbonyl (C=O) groups excluding carboxylic acids is 1. The highest BCUT2D eigenvalue weighted by Crippen LogP contribution is 2.12. The summed E-state index contributed by atoms with van der Waals surface area (Å²) in [7, 11) is -4.70. The molecule has 1 N–H and O–H groups in total. The molecule has 0 spiro atoms. The number of halogens is 1. The normalized spacial score (nSPS) is 12.2. The van der Waals surface area contributed by atoms with Crippen LogP contribution >= 0.6 is 0 Å². The third-order valence-electron chi connectivity index (χ3n) is 1.83. The van der Waals surface area contributed by atoms with Gasteiger partial charge in [-0.2, -0.15) is 8.42 Å². The minimum atomic E-state index is -4.70. The van der Waals surface area contributed by atoms with Crippen molar-refractivity contribution in [3.8, 4) is 0 Å². The summed E-state index contributed by atoms with van der Waals surface area (Å²) < 4.78 is 43.4. The Bertz CT molecular complexity index is 547. The lowest BCUT2D eigenvalue weighted by Gasteiger charge is -2.19. The Hall–Kier alpha value is -1.64. The second-order valence-corrected chi connectivity index (χ2v) is 6.13. The Morgan fingerprint density at radius 3 is 2.68 bits per heavy atom. The third-order valence-corrected chi connectivity index (χ3v) is 2.44. The predicted octanol–water partition coefficient (Wildman–Crippen LogP) is 1.50. The quantitative estimate of drug-likeness (QED) is 0.845. The van der Waals surface area contributed by atoms with Gasteiger partial charge in [-0.25, -0.2) is 9.78 Å². The van der Waals surface area contributed by atoms with E-state index < -0.39 is 27.7 Å². The zero-order chi connectivity index (χ0) is 14.7. The number of oxazole rings is 1. The zero-order valence-electron chi connectivity index (χ0n) is 10.8. The van der Waals surface area contributed by atoms with E-state index in [0.717, 1.165) is 6.39 Å². The highest BCUT2D eigenvalue weighted by molar-refractivity contribution is 7.85. The predicted molar refractivity (Wildman–Crippen MR) is 63.3 cm³/mol. The van der Waals surface area contributed by atoms with Gasteiger partial charge in [-0.15, -0.1) is 3.89 Å². The number of nitrogens with zero attached hydrogens (tertiary/aromatic N) is 1. The van der Waals surface area contributed by atoms with Crippen molar-refractivity contribution in [2.24, 2.45) is 0 Å². The number of alkyl carbamates (subject to hydrolysis) is 1. The van der Waals surface area contributed by atoms with Crippen LogP contribution in [0.4, 0.5) is 8.68 Å². The fraction of sp³-hybridized carbons (Fsp3) is 0.600. The van der Waals surface area contributed by atoms with Gasteiger partial charge in [-0.3, -0.25) is 0 Å². The van der Waals surface area contributed by atoms with E-state index in [1.807, 2.05) is 0 Å². The summed E-state index contributed by atoms with van der Waals surface area (Å²) in [5, 5.41) is 2.36. The third kappa shape index (κ3) is 6.18. The Morgan fingerprint density at radius 1 is 1.53 bits per heavy atom. The van der Waals surface area contributed by atoms with E-state index in [-0.39, 0.29) is 18.0 Å². The lowest BCUT2D eigenvalue weighted by Crippen LogP contribution is -2.32. The first-order valence-electron chi connectivity index (χ1n) is 5.37. The topological polar surface area (TPSA) is 98.5 Å². The maximum absolute atomic E-state index is 12.5. The second kappa shape index (κ2) is 5.55. The van der Waals surface area contributed by atoms with Crippen LogP contribution in [0.15, 0.2) is 10.8 Å². The average Bonchev–Trinajstić information content (AvgIpc) is 2.56. The number of rotatable bonds is 4. The number of amides is 1. The lowest BCUT2D eigenvalue weighted by molar-refractivity contribution is 0.0520. The van der Waals surface area contributed by atoms with E-state index in [2.05, 4.69) is 10.3 Å². The van der Waals surface area contributed by atoms with Gasteiger partial charge in [0.1, 0.15) is 22.8 Å². The summed E-state index contributed by atoms with van der Waals surface area (Å²) in [5.74, 6) is -0.832. The minimum Gasteiger partial charge on any atom is -0.446 e. The van der Waals surface area contributed by atoms with E-state index in [0.29, 0.717) is 0 Å². The summed E-state index contributed by atoms with van der Waals surface area (Å²) in [5.41, 5.74) is -0.741. The van der Waals surface area contributed by atoms with Crippen LogP contribution in [0.1, 0.15) is 32.2 Å². The van der Waals surface area contributed by atoms with Crippen LogP contribution in [0, 0.1) is 0 Å². The van der Waals surface area contributed by atoms with E-state index in [1.54, 1.807) is 20.8 Å². The molecule has 0 aromatic carbocycles. The van der Waals surface area contributed by atoms with Gasteiger partial charge >= 0.3 is 16.3 Å². The first-order chi connectivity index (χ1) is 8.57. The summed E-state index contributed by atoms with van der Waals surface area (Å²) in [6, 6.07) is 0. The fourth-order valence-corrected chi connectivity index (χ4v) is 1.75. The summed E-state index contributed by atoms with van der Waals surface area (Å²) in [4.78, 5) is 14.9. The molecule has 1 rings (SSSR count). The fourth-order valence-electron chi connectivity index (χ4n) is 1.18. The van der Waals surface area contributed by atoms with Gasteiger partial charge in [0, 0.05) is 0 Å². The van der Waals surface area contributed by atoms with Crippen molar-refractivity contribution in [1.29, 1.82) is 0 Å². The van der Waals surface area contributed by atoms with Crippen LogP contribution in [-0.4, -0.2) is 25.1 Å². The molecule has 7 nitrogen and oxygen atoms in total.